The maximum atomic E-state index is 12.9. The quantitative estimate of drug-likeness (QED) is 0.610. The fourth-order valence-electron chi connectivity index (χ4n) is 2.65. The molecule has 0 aliphatic heterocycles. The fourth-order valence-corrected chi connectivity index (χ4v) is 3.30. The molecule has 0 aliphatic rings. The van der Waals surface area contributed by atoms with Gasteiger partial charge in [-0.1, -0.05) is 30.7 Å². The number of amides is 2. The van der Waals surface area contributed by atoms with Gasteiger partial charge in [0.05, 0.1) is 13.4 Å². The summed E-state index contributed by atoms with van der Waals surface area (Å²) < 4.78 is 33.2. The number of ether oxygens (including phenoxy) is 1. The van der Waals surface area contributed by atoms with E-state index < -0.39 is 10.1 Å². The van der Waals surface area contributed by atoms with E-state index in [1.807, 2.05) is 13.8 Å². The number of urea groups is 1. The molecule has 0 aromatic heterocycles. The highest BCUT2D eigenvalue weighted by Crippen LogP contribution is 2.30. The van der Waals surface area contributed by atoms with Crippen LogP contribution in [-0.2, 0) is 16.7 Å². The van der Waals surface area contributed by atoms with Crippen molar-refractivity contribution in [2.75, 3.05) is 18.7 Å². The van der Waals surface area contributed by atoms with Crippen molar-refractivity contribution in [3.05, 3.63) is 53.1 Å². The molecule has 0 bridgehead atoms. The van der Waals surface area contributed by atoms with E-state index in [1.54, 1.807) is 47.4 Å². The first kappa shape index (κ1) is 22.8. The smallest absolute Gasteiger partial charge is 0.322 e. The number of halogens is 1. The van der Waals surface area contributed by atoms with Crippen molar-refractivity contribution in [3.8, 4) is 11.5 Å². The van der Waals surface area contributed by atoms with Crippen LogP contribution in [0.5, 0.6) is 11.5 Å². The third kappa shape index (κ3) is 6.83. The summed E-state index contributed by atoms with van der Waals surface area (Å²) in [6.45, 7) is 4.18. The Morgan fingerprint density at radius 2 is 1.93 bits per heavy atom. The second-order valence-electron chi connectivity index (χ2n) is 6.60. The number of hydrogen-bond donors (Lipinski definition) is 1. The zero-order valence-corrected chi connectivity index (χ0v) is 18.4. The molecule has 1 unspecified atom stereocenters. The minimum absolute atomic E-state index is 0.0597. The first-order valence-corrected chi connectivity index (χ1v) is 11.2. The summed E-state index contributed by atoms with van der Waals surface area (Å²) in [6, 6.07) is 11.5. The molecule has 0 heterocycles. The van der Waals surface area contributed by atoms with Gasteiger partial charge in [0.15, 0.2) is 11.5 Å². The average Bonchev–Trinajstić information content (AvgIpc) is 2.64. The molecule has 158 valence electrons. The lowest BCUT2D eigenvalue weighted by molar-refractivity contribution is 0.187. The normalized spacial score (nSPS) is 12.2. The van der Waals surface area contributed by atoms with Crippen molar-refractivity contribution in [2.24, 2.45) is 0 Å². The van der Waals surface area contributed by atoms with E-state index in [-0.39, 0.29) is 30.1 Å². The average molecular weight is 441 g/mol. The van der Waals surface area contributed by atoms with Gasteiger partial charge in [-0.3, -0.25) is 0 Å². The van der Waals surface area contributed by atoms with Gasteiger partial charge in [0.25, 0.3) is 0 Å². The van der Waals surface area contributed by atoms with Gasteiger partial charge in [-0.2, -0.15) is 8.42 Å². The first-order valence-electron chi connectivity index (χ1n) is 9.02. The maximum Gasteiger partial charge on any atom is 0.322 e. The van der Waals surface area contributed by atoms with Crippen LogP contribution in [0.25, 0.3) is 0 Å². The Kier molecular flexibility index (Phi) is 7.75. The van der Waals surface area contributed by atoms with Gasteiger partial charge in [0.2, 0.25) is 0 Å². The molecule has 29 heavy (non-hydrogen) atoms. The summed E-state index contributed by atoms with van der Waals surface area (Å²) in [7, 11) is -2.30. The number of nitrogens with one attached hydrogen (secondary N) is 1. The summed E-state index contributed by atoms with van der Waals surface area (Å²) in [5, 5.41) is 3.37. The van der Waals surface area contributed by atoms with Crippen molar-refractivity contribution < 1.29 is 22.1 Å². The number of nitrogens with zero attached hydrogens (tertiary/aromatic N) is 1. The van der Waals surface area contributed by atoms with E-state index in [0.717, 1.165) is 12.7 Å². The fraction of sp³-hybridized carbons (Fsp3) is 0.350. The highest BCUT2D eigenvalue weighted by atomic mass is 35.5. The molecule has 2 rings (SSSR count). The zero-order chi connectivity index (χ0) is 21.6. The number of methoxy groups -OCH3 is 1. The van der Waals surface area contributed by atoms with Crippen LogP contribution in [0.4, 0.5) is 10.5 Å². The summed E-state index contributed by atoms with van der Waals surface area (Å²) in [5.41, 5.74) is 1.29. The number of hydrogen-bond acceptors (Lipinski definition) is 5. The molecule has 0 saturated carbocycles. The van der Waals surface area contributed by atoms with E-state index in [2.05, 4.69) is 5.32 Å². The largest absolute Gasteiger partial charge is 0.493 e. The molecule has 1 N–H and O–H groups in total. The summed E-state index contributed by atoms with van der Waals surface area (Å²) in [6.07, 6.45) is 1.70. The van der Waals surface area contributed by atoms with Gasteiger partial charge in [-0.05, 0) is 49.2 Å². The summed E-state index contributed by atoms with van der Waals surface area (Å²) in [4.78, 5) is 14.5. The minimum Gasteiger partial charge on any atom is -0.493 e. The SMILES string of the molecule is CCC(C)N(Cc1ccc(OC)c(OS(C)(=O)=O)c1)C(=O)Nc1cccc(Cl)c1. The van der Waals surface area contributed by atoms with Gasteiger partial charge in [0.1, 0.15) is 0 Å². The monoisotopic (exact) mass is 440 g/mol. The van der Waals surface area contributed by atoms with Gasteiger partial charge >= 0.3 is 16.1 Å². The molecule has 7 nitrogen and oxygen atoms in total. The van der Waals surface area contributed by atoms with Crippen molar-refractivity contribution in [1.29, 1.82) is 0 Å². The molecule has 0 aliphatic carbocycles. The van der Waals surface area contributed by atoms with Crippen molar-refractivity contribution in [3.63, 3.8) is 0 Å². The molecule has 9 heteroatoms. The van der Waals surface area contributed by atoms with Crippen molar-refractivity contribution >= 4 is 33.4 Å². The number of carbonyl (C=O) groups excluding carboxylic acids is 1. The van der Waals surface area contributed by atoms with Crippen LogP contribution in [0.1, 0.15) is 25.8 Å². The van der Waals surface area contributed by atoms with Gasteiger partial charge in [-0.25, -0.2) is 4.79 Å². The molecule has 0 saturated heterocycles. The highest BCUT2D eigenvalue weighted by Gasteiger charge is 2.21. The standard InChI is InChI=1S/C20H25ClN2O5S/c1-5-14(2)23(20(24)22-17-8-6-7-16(21)12-17)13-15-9-10-18(27-3)19(11-15)28-29(4,25)26/h6-12,14H,5,13H2,1-4H3,(H,22,24). The minimum atomic E-state index is -3.72. The third-order valence-corrected chi connectivity index (χ3v) is 5.00. The lowest BCUT2D eigenvalue weighted by atomic mass is 10.1. The number of benzene rings is 2. The Morgan fingerprint density at radius 3 is 2.52 bits per heavy atom. The predicted molar refractivity (Wildman–Crippen MR) is 114 cm³/mol. The number of anilines is 1. The second-order valence-corrected chi connectivity index (χ2v) is 8.61. The van der Waals surface area contributed by atoms with Crippen molar-refractivity contribution in [2.45, 2.75) is 32.9 Å². The summed E-state index contributed by atoms with van der Waals surface area (Å²) >= 11 is 5.99. The Balaban J connectivity index is 2.27. The van der Waals surface area contributed by atoms with E-state index in [4.69, 9.17) is 20.5 Å². The van der Waals surface area contributed by atoms with Gasteiger partial charge in [0, 0.05) is 23.3 Å². The molecular formula is C20H25ClN2O5S. The van der Waals surface area contributed by atoms with Gasteiger partial charge in [-0.15, -0.1) is 0 Å². The van der Waals surface area contributed by atoms with Crippen LogP contribution >= 0.6 is 11.6 Å². The van der Waals surface area contributed by atoms with E-state index >= 15 is 0 Å². The van der Waals surface area contributed by atoms with Crippen molar-refractivity contribution in [1.82, 2.24) is 4.90 Å². The van der Waals surface area contributed by atoms with Crippen LogP contribution in [0.2, 0.25) is 5.02 Å². The Morgan fingerprint density at radius 1 is 1.21 bits per heavy atom. The predicted octanol–water partition coefficient (Wildman–Crippen LogP) is 4.52. The second kappa shape index (κ2) is 9.84. The van der Waals surface area contributed by atoms with Crippen LogP contribution in [0, 0.1) is 0 Å². The molecular weight excluding hydrogens is 416 g/mol. The van der Waals surface area contributed by atoms with Crippen LogP contribution in [0.15, 0.2) is 42.5 Å². The molecule has 2 aromatic rings. The lowest BCUT2D eigenvalue weighted by Crippen LogP contribution is -2.40. The Bertz CT molecular complexity index is 965. The molecule has 1 atom stereocenters. The third-order valence-electron chi connectivity index (χ3n) is 4.28. The van der Waals surface area contributed by atoms with Crippen LogP contribution in [-0.4, -0.2) is 38.8 Å². The number of rotatable bonds is 8. The number of carbonyl (C=O) groups is 1. The van der Waals surface area contributed by atoms with E-state index in [9.17, 15) is 13.2 Å². The molecule has 0 radical (unpaired) electrons. The lowest BCUT2D eigenvalue weighted by Gasteiger charge is -2.29. The maximum absolute atomic E-state index is 12.9. The molecule has 2 aromatic carbocycles. The molecule has 0 spiro atoms. The highest BCUT2D eigenvalue weighted by molar-refractivity contribution is 7.86. The van der Waals surface area contributed by atoms with Gasteiger partial charge < -0.3 is 19.1 Å². The summed E-state index contributed by atoms with van der Waals surface area (Å²) in [5.74, 6) is 0.365. The molecule has 2 amide bonds. The Labute approximate surface area is 176 Å². The van der Waals surface area contributed by atoms with Crippen LogP contribution in [0.3, 0.4) is 0 Å². The first-order chi connectivity index (χ1) is 13.6. The topological polar surface area (TPSA) is 84.9 Å². The van der Waals surface area contributed by atoms with E-state index in [1.165, 1.54) is 7.11 Å². The Hall–Kier alpha value is -2.45. The zero-order valence-electron chi connectivity index (χ0n) is 16.8. The van der Waals surface area contributed by atoms with E-state index in [0.29, 0.717) is 16.3 Å². The molecule has 0 fully saturated rings. The van der Waals surface area contributed by atoms with Crippen LogP contribution < -0.4 is 14.2 Å².